The van der Waals surface area contributed by atoms with Crippen LogP contribution >= 0.6 is 11.6 Å². The molecule has 0 amide bonds. The second-order valence-corrected chi connectivity index (χ2v) is 5.27. The van der Waals surface area contributed by atoms with Crippen molar-refractivity contribution in [3.05, 3.63) is 34.3 Å². The zero-order chi connectivity index (χ0) is 13.1. The number of nitrogens with zero attached hydrogens (tertiary/aromatic N) is 1. The summed E-state index contributed by atoms with van der Waals surface area (Å²) in [5, 5.41) is 10.1. The van der Waals surface area contributed by atoms with Crippen LogP contribution in [-0.2, 0) is 4.79 Å². The highest BCUT2D eigenvalue weighted by Gasteiger charge is 2.29. The molecule has 3 nitrogen and oxygen atoms in total. The van der Waals surface area contributed by atoms with Crippen LogP contribution in [0.1, 0.15) is 36.4 Å². The van der Waals surface area contributed by atoms with Crippen molar-refractivity contribution in [1.82, 2.24) is 4.90 Å². The van der Waals surface area contributed by atoms with Crippen LogP contribution in [0.4, 0.5) is 0 Å². The van der Waals surface area contributed by atoms with E-state index in [1.807, 2.05) is 19.1 Å². The number of carboxylic acids is 1. The number of rotatable bonds is 3. The minimum atomic E-state index is -0.776. The van der Waals surface area contributed by atoms with Crippen LogP contribution in [0, 0.1) is 6.92 Å². The first-order valence-electron chi connectivity index (χ1n) is 6.32. The number of halogens is 1. The third kappa shape index (κ3) is 2.85. The molecule has 0 spiro atoms. The van der Waals surface area contributed by atoms with Crippen LogP contribution in [0.2, 0.25) is 5.02 Å². The molecule has 1 aliphatic heterocycles. The summed E-state index contributed by atoms with van der Waals surface area (Å²) in [5.74, 6) is -0.776. The average Bonchev–Trinajstić information content (AvgIpc) is 2.33. The molecule has 0 bridgehead atoms. The first-order chi connectivity index (χ1) is 8.59. The maximum Gasteiger partial charge on any atom is 0.325 e. The quantitative estimate of drug-likeness (QED) is 0.914. The minimum absolute atomic E-state index is 0.539. The van der Waals surface area contributed by atoms with Gasteiger partial charge in [-0.05, 0) is 56.1 Å². The standard InChI is InChI=1S/C14H18ClNO2/c1-10-9-11(15)5-6-12(10)13(14(17)18)16-7-3-2-4-8-16/h5-6,9,13H,2-4,7-8H2,1H3,(H,17,18). The van der Waals surface area contributed by atoms with Crippen LogP contribution in [-0.4, -0.2) is 29.1 Å². The second-order valence-electron chi connectivity index (χ2n) is 4.84. The van der Waals surface area contributed by atoms with Crippen molar-refractivity contribution >= 4 is 17.6 Å². The number of likely N-dealkylation sites (tertiary alicyclic amines) is 1. The first kappa shape index (κ1) is 13.4. The summed E-state index contributed by atoms with van der Waals surface area (Å²) < 4.78 is 0. The number of hydrogen-bond acceptors (Lipinski definition) is 2. The van der Waals surface area contributed by atoms with Gasteiger partial charge in [0.05, 0.1) is 0 Å². The van der Waals surface area contributed by atoms with E-state index in [1.54, 1.807) is 6.07 Å². The van der Waals surface area contributed by atoms with E-state index in [-0.39, 0.29) is 0 Å². The van der Waals surface area contributed by atoms with E-state index in [4.69, 9.17) is 11.6 Å². The monoisotopic (exact) mass is 267 g/mol. The van der Waals surface area contributed by atoms with Crippen LogP contribution in [0.15, 0.2) is 18.2 Å². The summed E-state index contributed by atoms with van der Waals surface area (Å²) in [5.41, 5.74) is 1.80. The van der Waals surface area contributed by atoms with Gasteiger partial charge in [-0.3, -0.25) is 9.69 Å². The lowest BCUT2D eigenvalue weighted by molar-refractivity contribution is -0.144. The average molecular weight is 268 g/mol. The molecule has 1 saturated heterocycles. The second kappa shape index (κ2) is 5.72. The highest BCUT2D eigenvalue weighted by Crippen LogP contribution is 2.28. The predicted octanol–water partition coefficient (Wildman–Crippen LogP) is 3.26. The summed E-state index contributed by atoms with van der Waals surface area (Å²) in [6.07, 6.45) is 3.36. The Labute approximate surface area is 112 Å². The molecule has 1 aromatic rings. The van der Waals surface area contributed by atoms with E-state index >= 15 is 0 Å². The molecule has 1 aromatic carbocycles. The maximum atomic E-state index is 11.6. The molecule has 2 rings (SSSR count). The zero-order valence-electron chi connectivity index (χ0n) is 10.5. The third-order valence-electron chi connectivity index (χ3n) is 3.52. The number of carbonyl (C=O) groups is 1. The summed E-state index contributed by atoms with van der Waals surface area (Å²) in [4.78, 5) is 13.6. The van der Waals surface area contributed by atoms with Crippen molar-refractivity contribution in [2.24, 2.45) is 0 Å². The Bertz CT molecular complexity index is 441. The molecule has 1 aliphatic rings. The SMILES string of the molecule is Cc1cc(Cl)ccc1C(C(=O)O)N1CCCCC1. The lowest BCUT2D eigenvalue weighted by Gasteiger charge is -2.32. The zero-order valence-corrected chi connectivity index (χ0v) is 11.3. The molecule has 0 saturated carbocycles. The van der Waals surface area contributed by atoms with Crippen LogP contribution in [0.25, 0.3) is 0 Å². The molecule has 98 valence electrons. The summed E-state index contributed by atoms with van der Waals surface area (Å²) in [6, 6.07) is 4.90. The van der Waals surface area contributed by atoms with E-state index in [9.17, 15) is 9.90 Å². The Morgan fingerprint density at radius 1 is 1.33 bits per heavy atom. The Kier molecular flexibility index (Phi) is 4.25. The minimum Gasteiger partial charge on any atom is -0.480 e. The fourth-order valence-electron chi connectivity index (χ4n) is 2.61. The van der Waals surface area contributed by atoms with Gasteiger partial charge >= 0.3 is 5.97 Å². The molecule has 1 atom stereocenters. The number of hydrogen-bond donors (Lipinski definition) is 1. The Morgan fingerprint density at radius 3 is 2.56 bits per heavy atom. The highest BCUT2D eigenvalue weighted by molar-refractivity contribution is 6.30. The lowest BCUT2D eigenvalue weighted by Crippen LogP contribution is -2.38. The number of aliphatic carboxylic acids is 1. The lowest BCUT2D eigenvalue weighted by atomic mass is 9.98. The third-order valence-corrected chi connectivity index (χ3v) is 3.75. The van der Waals surface area contributed by atoms with E-state index < -0.39 is 12.0 Å². The molecule has 1 fully saturated rings. The van der Waals surface area contributed by atoms with Gasteiger partial charge in [-0.1, -0.05) is 24.1 Å². The van der Waals surface area contributed by atoms with Crippen molar-refractivity contribution < 1.29 is 9.90 Å². The molecule has 0 aromatic heterocycles. The summed E-state index contributed by atoms with van der Waals surface area (Å²) >= 11 is 5.93. The van der Waals surface area contributed by atoms with Crippen molar-refractivity contribution in [2.75, 3.05) is 13.1 Å². The molecule has 1 N–H and O–H groups in total. The molecule has 0 radical (unpaired) electrons. The van der Waals surface area contributed by atoms with Crippen molar-refractivity contribution in [2.45, 2.75) is 32.2 Å². The summed E-state index contributed by atoms with van der Waals surface area (Å²) in [6.45, 7) is 3.64. The van der Waals surface area contributed by atoms with Gasteiger partial charge in [-0.25, -0.2) is 0 Å². The number of aryl methyl sites for hydroxylation is 1. The first-order valence-corrected chi connectivity index (χ1v) is 6.70. The van der Waals surface area contributed by atoms with Gasteiger partial charge in [0.25, 0.3) is 0 Å². The molecule has 1 heterocycles. The normalized spacial score (nSPS) is 18.6. The highest BCUT2D eigenvalue weighted by atomic mass is 35.5. The van der Waals surface area contributed by atoms with Crippen LogP contribution < -0.4 is 0 Å². The molecular formula is C14H18ClNO2. The van der Waals surface area contributed by atoms with E-state index in [2.05, 4.69) is 4.90 Å². The molecule has 0 aliphatic carbocycles. The van der Waals surface area contributed by atoms with Gasteiger partial charge in [0.1, 0.15) is 6.04 Å². The van der Waals surface area contributed by atoms with E-state index in [1.165, 1.54) is 6.42 Å². The van der Waals surface area contributed by atoms with Crippen molar-refractivity contribution in [3.8, 4) is 0 Å². The van der Waals surface area contributed by atoms with Gasteiger partial charge in [-0.15, -0.1) is 0 Å². The fraction of sp³-hybridized carbons (Fsp3) is 0.500. The molecule has 1 unspecified atom stereocenters. The molecular weight excluding hydrogens is 250 g/mol. The van der Waals surface area contributed by atoms with E-state index in [0.717, 1.165) is 37.1 Å². The fourth-order valence-corrected chi connectivity index (χ4v) is 2.84. The van der Waals surface area contributed by atoms with Gasteiger partial charge in [0.2, 0.25) is 0 Å². The van der Waals surface area contributed by atoms with Crippen LogP contribution in [0.3, 0.4) is 0 Å². The van der Waals surface area contributed by atoms with Gasteiger partial charge in [-0.2, -0.15) is 0 Å². The van der Waals surface area contributed by atoms with Crippen molar-refractivity contribution in [3.63, 3.8) is 0 Å². The van der Waals surface area contributed by atoms with Crippen LogP contribution in [0.5, 0.6) is 0 Å². The van der Waals surface area contributed by atoms with Gasteiger partial charge in [0.15, 0.2) is 0 Å². The molecule has 18 heavy (non-hydrogen) atoms. The largest absolute Gasteiger partial charge is 0.480 e. The molecule has 4 heteroatoms. The predicted molar refractivity (Wildman–Crippen MR) is 72.0 cm³/mol. The Hall–Kier alpha value is -1.06. The number of benzene rings is 1. The number of carboxylic acid groups (broad SMARTS) is 1. The number of piperidine rings is 1. The Balaban J connectivity index is 2.31. The smallest absolute Gasteiger partial charge is 0.325 e. The van der Waals surface area contributed by atoms with Gasteiger partial charge in [0, 0.05) is 5.02 Å². The topological polar surface area (TPSA) is 40.5 Å². The van der Waals surface area contributed by atoms with E-state index in [0.29, 0.717) is 5.02 Å². The Morgan fingerprint density at radius 2 is 2.00 bits per heavy atom. The maximum absolute atomic E-state index is 11.6. The van der Waals surface area contributed by atoms with Crippen molar-refractivity contribution in [1.29, 1.82) is 0 Å². The summed E-state index contributed by atoms with van der Waals surface area (Å²) in [7, 11) is 0. The van der Waals surface area contributed by atoms with Gasteiger partial charge < -0.3 is 5.11 Å².